The van der Waals surface area contributed by atoms with Crippen molar-refractivity contribution in [1.82, 2.24) is 0 Å². The fourth-order valence-corrected chi connectivity index (χ4v) is 2.75. The molecule has 0 bridgehead atoms. The Bertz CT molecular complexity index is 438. The fraction of sp³-hybridized carbons (Fsp3) is 0. The van der Waals surface area contributed by atoms with E-state index in [1.54, 1.807) is 11.3 Å². The third kappa shape index (κ3) is 1.30. The molecular weight excluding hydrogens is 305 g/mol. The molecule has 0 amide bonds. The van der Waals surface area contributed by atoms with Gasteiger partial charge in [0.2, 0.25) is 0 Å². The number of fused-ring (bicyclic) bond motifs is 1. The first-order chi connectivity index (χ1) is 5.68. The number of hydrogen-bond donors (Lipinski definition) is 1. The van der Waals surface area contributed by atoms with Crippen LogP contribution in [0.1, 0.15) is 0 Å². The summed E-state index contributed by atoms with van der Waals surface area (Å²) < 4.78 is 2.27. The molecule has 0 saturated heterocycles. The van der Waals surface area contributed by atoms with Crippen LogP contribution in [0.25, 0.3) is 10.1 Å². The van der Waals surface area contributed by atoms with Crippen LogP contribution in [0.5, 0.6) is 0 Å². The van der Waals surface area contributed by atoms with E-state index < -0.39 is 0 Å². The Morgan fingerprint density at radius 2 is 2.17 bits per heavy atom. The van der Waals surface area contributed by atoms with Crippen LogP contribution in [0.4, 0.5) is 5.69 Å². The lowest BCUT2D eigenvalue weighted by atomic mass is 10.2. The van der Waals surface area contributed by atoms with Crippen LogP contribution in [-0.2, 0) is 0 Å². The third-order valence-corrected chi connectivity index (χ3v) is 4.13. The number of hydrogen-bond acceptors (Lipinski definition) is 2. The van der Waals surface area contributed by atoms with Gasteiger partial charge in [0.25, 0.3) is 0 Å². The molecule has 1 nitrogen and oxygen atoms in total. The molecule has 1 aromatic carbocycles. The molecule has 0 fully saturated rings. The summed E-state index contributed by atoms with van der Waals surface area (Å²) in [5.41, 5.74) is 6.56. The van der Waals surface area contributed by atoms with Crippen LogP contribution in [0.3, 0.4) is 0 Å². The minimum atomic E-state index is 0.771. The predicted octanol–water partition coefficient (Wildman–Crippen LogP) is 3.74. The van der Waals surface area contributed by atoms with Crippen molar-refractivity contribution in [2.24, 2.45) is 0 Å². The number of nitrogens with two attached hydrogens (primary N) is 1. The summed E-state index contributed by atoms with van der Waals surface area (Å²) in [6.07, 6.45) is 0. The van der Waals surface area contributed by atoms with Gasteiger partial charge in [-0.3, -0.25) is 0 Å². The van der Waals surface area contributed by atoms with Crippen molar-refractivity contribution in [1.29, 1.82) is 0 Å². The van der Waals surface area contributed by atoms with Gasteiger partial charge in [-0.25, -0.2) is 0 Å². The second kappa shape index (κ2) is 3.05. The van der Waals surface area contributed by atoms with E-state index in [1.165, 1.54) is 4.70 Å². The van der Waals surface area contributed by atoms with Crippen LogP contribution < -0.4 is 5.73 Å². The maximum atomic E-state index is 5.96. The zero-order valence-electron chi connectivity index (χ0n) is 5.97. The van der Waals surface area contributed by atoms with Gasteiger partial charge in [0.15, 0.2) is 0 Å². The molecule has 0 saturated carbocycles. The lowest BCUT2D eigenvalue weighted by molar-refractivity contribution is 1.75. The topological polar surface area (TPSA) is 26.0 Å². The first kappa shape index (κ1) is 8.59. The van der Waals surface area contributed by atoms with Gasteiger partial charge in [0, 0.05) is 19.0 Å². The smallest absolute Gasteiger partial charge is 0.0547 e. The molecule has 0 radical (unpaired) electrons. The average molecular weight is 310 g/mol. The van der Waals surface area contributed by atoms with E-state index in [-0.39, 0.29) is 0 Å². The van der Waals surface area contributed by atoms with Crippen molar-refractivity contribution < 1.29 is 0 Å². The van der Waals surface area contributed by atoms with E-state index in [4.69, 9.17) is 17.3 Å². The average Bonchev–Trinajstić information content (AvgIpc) is 2.35. The molecule has 2 aromatic rings. The van der Waals surface area contributed by atoms with Crippen LogP contribution in [0.15, 0.2) is 17.5 Å². The molecule has 0 aliphatic heterocycles. The van der Waals surface area contributed by atoms with Crippen LogP contribution >= 0.6 is 45.5 Å². The van der Waals surface area contributed by atoms with Gasteiger partial charge in [0.05, 0.1) is 10.7 Å². The lowest BCUT2D eigenvalue weighted by Crippen LogP contribution is -1.81. The van der Waals surface area contributed by atoms with Crippen LogP contribution in [0.2, 0.25) is 5.02 Å². The molecule has 2 rings (SSSR count). The number of thiophene rings is 1. The fourth-order valence-electron chi connectivity index (χ4n) is 1.04. The van der Waals surface area contributed by atoms with Crippen molar-refractivity contribution in [3.8, 4) is 0 Å². The summed E-state index contributed by atoms with van der Waals surface area (Å²) in [7, 11) is 0. The molecular formula is C8H5ClINS. The Labute approximate surface area is 92.7 Å². The highest BCUT2D eigenvalue weighted by molar-refractivity contribution is 14.1. The Kier molecular flexibility index (Phi) is 2.18. The zero-order valence-corrected chi connectivity index (χ0v) is 9.70. The number of nitrogen functional groups attached to an aromatic ring is 1. The van der Waals surface area contributed by atoms with Crippen LogP contribution in [0, 0.1) is 3.57 Å². The summed E-state index contributed by atoms with van der Waals surface area (Å²) in [4.78, 5) is 0. The second-order valence-electron chi connectivity index (χ2n) is 2.45. The summed E-state index contributed by atoms with van der Waals surface area (Å²) in [6, 6.07) is 3.98. The number of rotatable bonds is 0. The maximum absolute atomic E-state index is 5.96. The van der Waals surface area contributed by atoms with Crippen molar-refractivity contribution >= 4 is 61.3 Å². The quantitative estimate of drug-likeness (QED) is 0.737. The van der Waals surface area contributed by atoms with Crippen molar-refractivity contribution in [3.05, 3.63) is 26.1 Å². The Hall–Kier alpha value is -0.0000000000000000555. The molecule has 0 aliphatic carbocycles. The third-order valence-electron chi connectivity index (χ3n) is 1.65. The zero-order chi connectivity index (χ0) is 8.72. The van der Waals surface area contributed by atoms with Gasteiger partial charge in [-0.15, -0.1) is 11.3 Å². The SMILES string of the molecule is Nc1csc2cc(I)c(Cl)cc12. The first-order valence-electron chi connectivity index (χ1n) is 3.30. The molecule has 2 N–H and O–H groups in total. The molecule has 4 heteroatoms. The predicted molar refractivity (Wildman–Crippen MR) is 64.0 cm³/mol. The van der Waals surface area contributed by atoms with Crippen molar-refractivity contribution in [2.75, 3.05) is 5.73 Å². The Balaban J connectivity index is 2.87. The largest absolute Gasteiger partial charge is 0.398 e. The molecule has 0 unspecified atom stereocenters. The van der Waals surface area contributed by atoms with E-state index >= 15 is 0 Å². The van der Waals surface area contributed by atoms with Crippen molar-refractivity contribution in [3.63, 3.8) is 0 Å². The van der Waals surface area contributed by atoms with E-state index in [0.717, 1.165) is 19.7 Å². The number of benzene rings is 1. The molecule has 0 spiro atoms. The molecule has 62 valence electrons. The molecule has 12 heavy (non-hydrogen) atoms. The highest BCUT2D eigenvalue weighted by atomic mass is 127. The Morgan fingerprint density at radius 1 is 1.42 bits per heavy atom. The monoisotopic (exact) mass is 309 g/mol. The number of halogens is 2. The van der Waals surface area contributed by atoms with Gasteiger partial charge in [-0.1, -0.05) is 11.6 Å². The molecule has 0 atom stereocenters. The van der Waals surface area contributed by atoms with E-state index in [1.807, 2.05) is 11.4 Å². The molecule has 1 heterocycles. The van der Waals surface area contributed by atoms with E-state index in [9.17, 15) is 0 Å². The van der Waals surface area contributed by atoms with Gasteiger partial charge in [-0.2, -0.15) is 0 Å². The van der Waals surface area contributed by atoms with Crippen LogP contribution in [-0.4, -0.2) is 0 Å². The highest BCUT2D eigenvalue weighted by Gasteiger charge is 2.04. The molecule has 0 aliphatic rings. The van der Waals surface area contributed by atoms with Gasteiger partial charge in [-0.05, 0) is 34.7 Å². The summed E-state index contributed by atoms with van der Waals surface area (Å²) in [6.45, 7) is 0. The molecule has 1 aromatic heterocycles. The van der Waals surface area contributed by atoms with Gasteiger partial charge < -0.3 is 5.73 Å². The van der Waals surface area contributed by atoms with Crippen molar-refractivity contribution in [2.45, 2.75) is 0 Å². The Morgan fingerprint density at radius 3 is 2.92 bits per heavy atom. The summed E-state index contributed by atoms with van der Waals surface area (Å²) >= 11 is 9.82. The van der Waals surface area contributed by atoms with Gasteiger partial charge >= 0.3 is 0 Å². The number of anilines is 1. The minimum absolute atomic E-state index is 0.771. The highest BCUT2D eigenvalue weighted by Crippen LogP contribution is 2.33. The van der Waals surface area contributed by atoms with Gasteiger partial charge in [0.1, 0.15) is 0 Å². The van der Waals surface area contributed by atoms with E-state index in [0.29, 0.717) is 0 Å². The van der Waals surface area contributed by atoms with E-state index in [2.05, 4.69) is 28.7 Å². The summed E-state index contributed by atoms with van der Waals surface area (Å²) in [5.74, 6) is 0. The maximum Gasteiger partial charge on any atom is 0.0547 e. The second-order valence-corrected chi connectivity index (χ2v) is 4.93. The lowest BCUT2D eigenvalue weighted by Gasteiger charge is -1.96. The minimum Gasteiger partial charge on any atom is -0.398 e. The summed E-state index contributed by atoms with van der Waals surface area (Å²) in [5, 5.41) is 3.77. The standard InChI is InChI=1S/C8H5ClINS/c9-5-1-4-7(11)3-12-8(4)2-6(5)10/h1-3H,11H2. The first-order valence-corrected chi connectivity index (χ1v) is 5.64. The normalized spacial score (nSPS) is 10.8.